The van der Waals surface area contributed by atoms with Crippen molar-refractivity contribution in [3.8, 4) is 16.9 Å². The summed E-state index contributed by atoms with van der Waals surface area (Å²) in [6, 6.07) is 6.74. The average molecular weight is 348 g/mol. The first kappa shape index (κ1) is 17.8. The third-order valence-electron chi connectivity index (χ3n) is 3.63. The fraction of sp³-hybridized carbons (Fsp3) is 0.235. The molecule has 1 N–H and O–H groups in total. The van der Waals surface area contributed by atoms with Crippen molar-refractivity contribution in [2.24, 2.45) is 7.05 Å². The maximum atomic E-state index is 12.1. The highest BCUT2D eigenvalue weighted by molar-refractivity contribution is 7.95. The predicted molar refractivity (Wildman–Crippen MR) is 95.8 cm³/mol. The highest BCUT2D eigenvalue weighted by Crippen LogP contribution is 2.32. The topological polar surface area (TPSA) is 77.4 Å². The van der Waals surface area contributed by atoms with E-state index in [1.165, 1.54) is 11.7 Å². The van der Waals surface area contributed by atoms with Gasteiger partial charge in [0, 0.05) is 41.0 Å². The number of methoxy groups -OCH3 is 1. The van der Waals surface area contributed by atoms with Crippen LogP contribution in [0.3, 0.4) is 0 Å². The highest BCUT2D eigenvalue weighted by atomic mass is 32.2. The smallest absolute Gasteiger partial charge is 0.254 e. The minimum atomic E-state index is -3.60. The molecule has 0 unspecified atom stereocenters. The molecule has 0 aliphatic heterocycles. The summed E-state index contributed by atoms with van der Waals surface area (Å²) in [6.45, 7) is 5.18. The quantitative estimate of drug-likeness (QED) is 0.870. The SMILES string of the molecule is C=CS(=O)(=O)Nc1ccc(OC)c(-c2cc(CC)c(=O)n(C)c2)c1. The van der Waals surface area contributed by atoms with Crippen LogP contribution >= 0.6 is 0 Å². The van der Waals surface area contributed by atoms with Gasteiger partial charge in [0.2, 0.25) is 0 Å². The fourth-order valence-electron chi connectivity index (χ4n) is 2.38. The maximum Gasteiger partial charge on any atom is 0.254 e. The Bertz CT molecular complexity index is 930. The molecule has 0 saturated carbocycles. The van der Waals surface area contributed by atoms with Gasteiger partial charge in [-0.05, 0) is 30.7 Å². The van der Waals surface area contributed by atoms with Crippen LogP contribution in [0.15, 0.2) is 47.2 Å². The summed E-state index contributed by atoms with van der Waals surface area (Å²) >= 11 is 0. The molecule has 7 heteroatoms. The Morgan fingerprint density at radius 3 is 2.62 bits per heavy atom. The van der Waals surface area contributed by atoms with E-state index in [4.69, 9.17) is 4.74 Å². The Balaban J connectivity index is 2.62. The molecule has 0 aliphatic rings. The largest absolute Gasteiger partial charge is 0.496 e. The summed E-state index contributed by atoms with van der Waals surface area (Å²) in [6.07, 6.45) is 2.30. The van der Waals surface area contributed by atoms with Crippen molar-refractivity contribution in [1.82, 2.24) is 4.57 Å². The summed E-state index contributed by atoms with van der Waals surface area (Å²) in [5.74, 6) is 0.581. The van der Waals surface area contributed by atoms with Crippen LogP contribution in [0.25, 0.3) is 11.1 Å². The molecule has 0 aliphatic carbocycles. The van der Waals surface area contributed by atoms with Gasteiger partial charge < -0.3 is 9.30 Å². The van der Waals surface area contributed by atoms with Gasteiger partial charge >= 0.3 is 0 Å². The fourth-order valence-corrected chi connectivity index (χ4v) is 2.92. The van der Waals surface area contributed by atoms with Crippen molar-refractivity contribution < 1.29 is 13.2 Å². The summed E-state index contributed by atoms with van der Waals surface area (Å²) in [5, 5.41) is 0.846. The molecule has 0 bridgehead atoms. The summed E-state index contributed by atoms with van der Waals surface area (Å²) < 4.78 is 32.6. The van der Waals surface area contributed by atoms with Gasteiger partial charge in [-0.3, -0.25) is 9.52 Å². The Hall–Kier alpha value is -2.54. The van der Waals surface area contributed by atoms with Gasteiger partial charge in [-0.25, -0.2) is 8.42 Å². The van der Waals surface area contributed by atoms with E-state index in [-0.39, 0.29) is 5.56 Å². The van der Waals surface area contributed by atoms with E-state index < -0.39 is 10.0 Å². The minimum absolute atomic E-state index is 0.0521. The van der Waals surface area contributed by atoms with Crippen molar-refractivity contribution in [2.75, 3.05) is 11.8 Å². The number of rotatable bonds is 6. The minimum Gasteiger partial charge on any atom is -0.496 e. The van der Waals surface area contributed by atoms with Gasteiger partial charge in [0.25, 0.3) is 15.6 Å². The van der Waals surface area contributed by atoms with Crippen LogP contribution < -0.4 is 15.0 Å². The third-order valence-corrected chi connectivity index (χ3v) is 4.59. The molecule has 0 atom stereocenters. The zero-order chi connectivity index (χ0) is 17.9. The molecule has 0 saturated heterocycles. The van der Waals surface area contributed by atoms with Crippen molar-refractivity contribution in [1.29, 1.82) is 0 Å². The van der Waals surface area contributed by atoms with Gasteiger partial charge in [-0.1, -0.05) is 13.5 Å². The number of sulfonamides is 1. The Kier molecular flexibility index (Phi) is 5.14. The van der Waals surface area contributed by atoms with Crippen molar-refractivity contribution >= 4 is 15.7 Å². The van der Waals surface area contributed by atoms with E-state index in [2.05, 4.69) is 11.3 Å². The number of pyridine rings is 1. The second-order valence-electron chi connectivity index (χ2n) is 5.25. The lowest BCUT2D eigenvalue weighted by Crippen LogP contribution is -2.20. The molecule has 1 aromatic heterocycles. The first-order valence-electron chi connectivity index (χ1n) is 7.34. The van der Waals surface area contributed by atoms with Crippen molar-refractivity contribution in [3.05, 3.63) is 58.4 Å². The van der Waals surface area contributed by atoms with E-state index in [0.29, 0.717) is 29.0 Å². The molecule has 1 aromatic carbocycles. The molecular weight excluding hydrogens is 328 g/mol. The van der Waals surface area contributed by atoms with Crippen LogP contribution in [0.2, 0.25) is 0 Å². The second kappa shape index (κ2) is 6.92. The number of nitrogens with zero attached hydrogens (tertiary/aromatic N) is 1. The third kappa shape index (κ3) is 3.68. The Morgan fingerprint density at radius 1 is 1.33 bits per heavy atom. The number of hydrogen-bond donors (Lipinski definition) is 1. The number of nitrogens with one attached hydrogen (secondary N) is 1. The molecule has 2 aromatic rings. The molecular formula is C17H20N2O4S. The van der Waals surface area contributed by atoms with Gasteiger partial charge in [0.15, 0.2) is 0 Å². The van der Waals surface area contributed by atoms with Crippen LogP contribution in [-0.2, 0) is 23.5 Å². The number of ether oxygens (including phenoxy) is 1. The Labute approximate surface area is 141 Å². The first-order valence-corrected chi connectivity index (χ1v) is 8.89. The molecule has 24 heavy (non-hydrogen) atoms. The number of hydrogen-bond acceptors (Lipinski definition) is 4. The van der Waals surface area contributed by atoms with E-state index in [1.54, 1.807) is 37.5 Å². The van der Waals surface area contributed by atoms with Gasteiger partial charge in [-0.15, -0.1) is 0 Å². The van der Waals surface area contributed by atoms with Crippen LogP contribution in [0.1, 0.15) is 12.5 Å². The van der Waals surface area contributed by atoms with Gasteiger partial charge in [0.05, 0.1) is 7.11 Å². The first-order chi connectivity index (χ1) is 11.3. The summed E-state index contributed by atoms with van der Waals surface area (Å²) in [4.78, 5) is 12.1. The number of benzene rings is 1. The number of aryl methyl sites for hydroxylation is 2. The molecule has 0 fully saturated rings. The van der Waals surface area contributed by atoms with Crippen LogP contribution in [0, 0.1) is 0 Å². The summed E-state index contributed by atoms with van der Waals surface area (Å²) in [7, 11) is -0.382. The van der Waals surface area contributed by atoms with Gasteiger partial charge in [0.1, 0.15) is 5.75 Å². The standard InChI is InChI=1S/C17H20N2O4S/c1-5-12-9-13(11-19(3)17(12)20)15-10-14(7-8-16(15)23-4)18-24(21,22)6-2/h6-11,18H,2,5H2,1,3-4H3. The zero-order valence-corrected chi connectivity index (χ0v) is 14.7. The van der Waals surface area contributed by atoms with Crippen LogP contribution in [-0.4, -0.2) is 20.1 Å². The molecule has 2 rings (SSSR count). The Morgan fingerprint density at radius 2 is 2.04 bits per heavy atom. The molecule has 1 heterocycles. The van der Waals surface area contributed by atoms with Crippen LogP contribution in [0.5, 0.6) is 5.75 Å². The highest BCUT2D eigenvalue weighted by Gasteiger charge is 2.12. The van der Waals surface area contributed by atoms with E-state index in [0.717, 1.165) is 11.0 Å². The van der Waals surface area contributed by atoms with Crippen LogP contribution in [0.4, 0.5) is 5.69 Å². The van der Waals surface area contributed by atoms with E-state index >= 15 is 0 Å². The van der Waals surface area contributed by atoms with E-state index in [9.17, 15) is 13.2 Å². The monoisotopic (exact) mass is 348 g/mol. The zero-order valence-electron chi connectivity index (χ0n) is 13.9. The molecule has 6 nitrogen and oxygen atoms in total. The number of anilines is 1. The second-order valence-corrected chi connectivity index (χ2v) is 6.88. The number of aromatic nitrogens is 1. The van der Waals surface area contributed by atoms with Crippen molar-refractivity contribution in [3.63, 3.8) is 0 Å². The van der Waals surface area contributed by atoms with Crippen molar-refractivity contribution in [2.45, 2.75) is 13.3 Å². The molecule has 0 amide bonds. The maximum absolute atomic E-state index is 12.1. The molecule has 128 valence electrons. The molecule has 0 radical (unpaired) electrons. The van der Waals surface area contributed by atoms with E-state index in [1.807, 2.05) is 6.92 Å². The average Bonchev–Trinajstić information content (AvgIpc) is 2.56. The lowest BCUT2D eigenvalue weighted by atomic mass is 10.0. The lowest BCUT2D eigenvalue weighted by molar-refractivity contribution is 0.416. The molecule has 0 spiro atoms. The lowest BCUT2D eigenvalue weighted by Gasteiger charge is -2.13. The van der Waals surface area contributed by atoms with Gasteiger partial charge in [-0.2, -0.15) is 0 Å². The summed E-state index contributed by atoms with van der Waals surface area (Å²) in [5.41, 5.74) is 2.47. The predicted octanol–water partition coefficient (Wildman–Crippen LogP) is 2.51. The normalized spacial score (nSPS) is 11.1.